The molecular formula is C16H19NO4S. The smallest absolute Gasteiger partial charge is 0.134 e. The molecule has 1 aromatic carbocycles. The zero-order valence-electron chi connectivity index (χ0n) is 12.1. The molecule has 118 valence electrons. The molecule has 0 unspecified atom stereocenters. The van der Waals surface area contributed by atoms with E-state index in [0.717, 1.165) is 5.56 Å². The van der Waals surface area contributed by atoms with Gasteiger partial charge in [0.2, 0.25) is 0 Å². The molecule has 0 spiro atoms. The van der Waals surface area contributed by atoms with Crippen molar-refractivity contribution < 1.29 is 20.1 Å². The molecule has 0 aromatic heterocycles. The number of carbonyl (C=O) groups excluding carboxylic acids is 1. The van der Waals surface area contributed by atoms with Crippen LogP contribution in [0.3, 0.4) is 0 Å². The van der Waals surface area contributed by atoms with Crippen LogP contribution in [0.2, 0.25) is 0 Å². The summed E-state index contributed by atoms with van der Waals surface area (Å²) in [4.78, 5) is 12.0. The average Bonchev–Trinajstić information content (AvgIpc) is 2.54. The molecule has 1 saturated heterocycles. The van der Waals surface area contributed by atoms with Gasteiger partial charge in [-0.1, -0.05) is 12.1 Å². The van der Waals surface area contributed by atoms with Crippen molar-refractivity contribution in [1.82, 2.24) is 0 Å². The van der Waals surface area contributed by atoms with Crippen molar-refractivity contribution in [2.45, 2.75) is 42.8 Å². The maximum absolute atomic E-state index is 12.0. The number of hydrogen-bond donors (Lipinski definition) is 3. The third-order valence-electron chi connectivity index (χ3n) is 3.81. The number of hydrogen-bond acceptors (Lipinski definition) is 6. The van der Waals surface area contributed by atoms with Crippen LogP contribution in [0.4, 0.5) is 0 Å². The Balaban J connectivity index is 1.81. The molecule has 1 aliphatic heterocycles. The lowest BCUT2D eigenvalue weighted by Gasteiger charge is -2.34. The highest BCUT2D eigenvalue weighted by molar-refractivity contribution is 8.00. The molecule has 2 rings (SSSR count). The molecule has 1 aromatic rings. The van der Waals surface area contributed by atoms with Crippen LogP contribution in [-0.4, -0.2) is 50.4 Å². The van der Waals surface area contributed by atoms with Crippen LogP contribution < -0.4 is 0 Å². The number of aliphatic hydroxyl groups is 3. The number of Topliss-reactive ketones (excluding diaryl/α,β-unsaturated/α-hetero) is 1. The van der Waals surface area contributed by atoms with Crippen molar-refractivity contribution in [3.8, 4) is 6.07 Å². The van der Waals surface area contributed by atoms with Gasteiger partial charge in [-0.25, -0.2) is 0 Å². The quantitative estimate of drug-likeness (QED) is 0.736. The van der Waals surface area contributed by atoms with Gasteiger partial charge in [0.15, 0.2) is 0 Å². The summed E-state index contributed by atoms with van der Waals surface area (Å²) < 4.78 is 0. The van der Waals surface area contributed by atoms with Gasteiger partial charge in [-0.15, -0.1) is 0 Å². The van der Waals surface area contributed by atoms with E-state index in [0.29, 0.717) is 24.2 Å². The molecular weight excluding hydrogens is 302 g/mol. The Morgan fingerprint density at radius 3 is 2.55 bits per heavy atom. The van der Waals surface area contributed by atoms with E-state index in [9.17, 15) is 20.1 Å². The number of nitrogens with zero attached hydrogens (tertiary/aromatic N) is 1. The lowest BCUT2D eigenvalue weighted by molar-refractivity contribution is -0.120. The molecule has 0 amide bonds. The van der Waals surface area contributed by atoms with Gasteiger partial charge in [-0.3, -0.25) is 4.79 Å². The summed E-state index contributed by atoms with van der Waals surface area (Å²) in [5.74, 6) is 0.343. The Morgan fingerprint density at radius 2 is 1.91 bits per heavy atom. The Bertz CT molecular complexity index is 554. The van der Waals surface area contributed by atoms with Crippen LogP contribution in [0.25, 0.3) is 0 Å². The summed E-state index contributed by atoms with van der Waals surface area (Å²) in [7, 11) is 0. The van der Waals surface area contributed by atoms with Crippen molar-refractivity contribution in [2.24, 2.45) is 0 Å². The second-order valence-electron chi connectivity index (χ2n) is 5.47. The van der Waals surface area contributed by atoms with Gasteiger partial charge in [0.25, 0.3) is 0 Å². The first-order chi connectivity index (χ1) is 10.5. The molecule has 1 heterocycles. The number of nitriles is 1. The number of benzene rings is 1. The summed E-state index contributed by atoms with van der Waals surface area (Å²) in [5.41, 5.74) is 1.57. The summed E-state index contributed by atoms with van der Waals surface area (Å²) in [6, 6.07) is 9.14. The molecule has 1 aliphatic rings. The number of ketones is 1. The molecule has 0 bridgehead atoms. The van der Waals surface area contributed by atoms with Crippen LogP contribution in [0.5, 0.6) is 0 Å². The van der Waals surface area contributed by atoms with Crippen molar-refractivity contribution in [1.29, 1.82) is 5.26 Å². The molecule has 5 nitrogen and oxygen atoms in total. The van der Waals surface area contributed by atoms with Crippen LogP contribution >= 0.6 is 11.8 Å². The van der Waals surface area contributed by atoms with E-state index in [-0.39, 0.29) is 17.5 Å². The standard InChI is InChI=1S/C16H19NO4S/c17-8-11-3-1-10(2-4-11)5-6-12(18)7-14-16(21)15(20)13(19)9-22-14/h1-4,13-16,19-21H,5-7,9H2/t13-,14+,15+,16+/m1/s1. The minimum absolute atomic E-state index is 0.0181. The first-order valence-electron chi connectivity index (χ1n) is 7.18. The Morgan fingerprint density at radius 1 is 1.23 bits per heavy atom. The molecule has 0 radical (unpaired) electrons. The highest BCUT2D eigenvalue weighted by Crippen LogP contribution is 2.29. The van der Waals surface area contributed by atoms with Crippen molar-refractivity contribution in [3.63, 3.8) is 0 Å². The molecule has 3 N–H and O–H groups in total. The van der Waals surface area contributed by atoms with Gasteiger partial charge < -0.3 is 15.3 Å². The predicted octanol–water partition coefficient (Wildman–Crippen LogP) is 0.648. The van der Waals surface area contributed by atoms with Gasteiger partial charge in [0, 0.05) is 23.8 Å². The predicted molar refractivity (Wildman–Crippen MR) is 83.4 cm³/mol. The summed E-state index contributed by atoms with van der Waals surface area (Å²) >= 11 is 1.32. The fraction of sp³-hybridized carbons (Fsp3) is 0.500. The van der Waals surface area contributed by atoms with Crippen LogP contribution in [0.1, 0.15) is 24.0 Å². The number of aliphatic hydroxyl groups excluding tert-OH is 3. The molecule has 22 heavy (non-hydrogen) atoms. The fourth-order valence-corrected chi connectivity index (χ4v) is 3.71. The van der Waals surface area contributed by atoms with Crippen LogP contribution in [0.15, 0.2) is 24.3 Å². The van der Waals surface area contributed by atoms with Gasteiger partial charge in [0.1, 0.15) is 11.9 Å². The third kappa shape index (κ3) is 4.31. The lowest BCUT2D eigenvalue weighted by atomic mass is 9.98. The average molecular weight is 321 g/mol. The number of aryl methyl sites for hydroxylation is 1. The highest BCUT2D eigenvalue weighted by Gasteiger charge is 2.37. The van der Waals surface area contributed by atoms with E-state index in [1.807, 2.05) is 18.2 Å². The van der Waals surface area contributed by atoms with E-state index in [1.54, 1.807) is 12.1 Å². The normalized spacial score (nSPS) is 28.1. The first-order valence-corrected chi connectivity index (χ1v) is 8.22. The topological polar surface area (TPSA) is 102 Å². The second kappa shape index (κ2) is 7.75. The zero-order valence-corrected chi connectivity index (χ0v) is 12.9. The SMILES string of the molecule is N#Cc1ccc(CCC(=O)C[C@@H]2SC[C@@H](O)[C@H](O)[C@H]2O)cc1. The molecule has 6 heteroatoms. The maximum atomic E-state index is 12.0. The first kappa shape index (κ1) is 17.0. The minimum atomic E-state index is -1.18. The maximum Gasteiger partial charge on any atom is 0.134 e. The molecule has 4 atom stereocenters. The van der Waals surface area contributed by atoms with Crippen LogP contribution in [-0.2, 0) is 11.2 Å². The zero-order chi connectivity index (χ0) is 16.1. The largest absolute Gasteiger partial charge is 0.389 e. The highest BCUT2D eigenvalue weighted by atomic mass is 32.2. The third-order valence-corrected chi connectivity index (χ3v) is 5.22. The van der Waals surface area contributed by atoms with Crippen LogP contribution in [0, 0.1) is 11.3 Å². The van der Waals surface area contributed by atoms with E-state index in [4.69, 9.17) is 5.26 Å². The Kier molecular flexibility index (Phi) is 5.98. The summed E-state index contributed by atoms with van der Waals surface area (Å²) in [5, 5.41) is 37.3. The number of carbonyl (C=O) groups is 1. The molecule has 1 fully saturated rings. The van der Waals surface area contributed by atoms with Gasteiger partial charge in [-0.2, -0.15) is 17.0 Å². The lowest BCUT2D eigenvalue weighted by Crippen LogP contribution is -2.49. The van der Waals surface area contributed by atoms with Crippen molar-refractivity contribution >= 4 is 17.5 Å². The van der Waals surface area contributed by atoms with Gasteiger partial charge in [-0.05, 0) is 24.1 Å². The monoisotopic (exact) mass is 321 g/mol. The van der Waals surface area contributed by atoms with E-state index < -0.39 is 18.3 Å². The molecule has 0 saturated carbocycles. The van der Waals surface area contributed by atoms with Crippen molar-refractivity contribution in [2.75, 3.05) is 5.75 Å². The van der Waals surface area contributed by atoms with E-state index >= 15 is 0 Å². The number of thioether (sulfide) groups is 1. The summed E-state index contributed by atoms with van der Waals surface area (Å²) in [6.45, 7) is 0. The van der Waals surface area contributed by atoms with Crippen molar-refractivity contribution in [3.05, 3.63) is 35.4 Å². The Labute approximate surface area is 133 Å². The minimum Gasteiger partial charge on any atom is -0.389 e. The molecule has 0 aliphatic carbocycles. The van der Waals surface area contributed by atoms with E-state index in [2.05, 4.69) is 0 Å². The summed E-state index contributed by atoms with van der Waals surface area (Å²) in [6.07, 6.45) is -2.07. The van der Waals surface area contributed by atoms with Gasteiger partial charge >= 0.3 is 0 Å². The van der Waals surface area contributed by atoms with Gasteiger partial charge in [0.05, 0.1) is 23.8 Å². The fourth-order valence-electron chi connectivity index (χ4n) is 2.40. The van der Waals surface area contributed by atoms with E-state index in [1.165, 1.54) is 11.8 Å². The second-order valence-corrected chi connectivity index (χ2v) is 6.74. The Hall–Kier alpha value is -1.39. The number of rotatable bonds is 5.